The lowest BCUT2D eigenvalue weighted by Crippen LogP contribution is -2.47. The maximum atomic E-state index is 11.9. The van der Waals surface area contributed by atoms with Crippen molar-refractivity contribution < 1.29 is 38.5 Å². The molecule has 0 aliphatic carbocycles. The van der Waals surface area contributed by atoms with Crippen molar-refractivity contribution >= 4 is 24.0 Å². The zero-order chi connectivity index (χ0) is 20.0. The van der Waals surface area contributed by atoms with Crippen LogP contribution >= 0.6 is 0 Å². The summed E-state index contributed by atoms with van der Waals surface area (Å²) in [6.45, 7) is 2.82. The third-order valence-corrected chi connectivity index (χ3v) is 3.81. The number of carboxylic acids is 1. The van der Waals surface area contributed by atoms with Crippen molar-refractivity contribution in [1.82, 2.24) is 5.32 Å². The molecule has 0 bridgehead atoms. The van der Waals surface area contributed by atoms with Gasteiger partial charge in [-0.25, -0.2) is 9.59 Å². The highest BCUT2D eigenvalue weighted by Gasteiger charge is 2.43. The maximum absolute atomic E-state index is 11.9. The van der Waals surface area contributed by atoms with E-state index < -0.39 is 41.7 Å². The van der Waals surface area contributed by atoms with Crippen LogP contribution in [0, 0.1) is 5.92 Å². The molecule has 1 fully saturated rings. The summed E-state index contributed by atoms with van der Waals surface area (Å²) < 4.78 is 14.9. The lowest BCUT2D eigenvalue weighted by molar-refractivity contribution is -0.240. The molecule has 146 valence electrons. The first kappa shape index (κ1) is 20.2. The third kappa shape index (κ3) is 5.98. The molecule has 9 heteroatoms. The predicted molar refractivity (Wildman–Crippen MR) is 90.2 cm³/mol. The summed E-state index contributed by atoms with van der Waals surface area (Å²) >= 11 is 0. The minimum atomic E-state index is -1.35. The van der Waals surface area contributed by atoms with E-state index >= 15 is 0 Å². The van der Waals surface area contributed by atoms with Gasteiger partial charge in [-0.2, -0.15) is 0 Å². The molecule has 0 aromatic heterocycles. The maximum Gasteiger partial charge on any atom is 0.408 e. The number of alkyl carbamates (subject to hydrolysis) is 1. The fraction of sp³-hybridized carbons (Fsp3) is 0.444. The Morgan fingerprint density at radius 1 is 1.19 bits per heavy atom. The fourth-order valence-corrected chi connectivity index (χ4v) is 2.48. The van der Waals surface area contributed by atoms with Crippen LogP contribution in [0.25, 0.3) is 0 Å². The van der Waals surface area contributed by atoms with Gasteiger partial charge in [0.2, 0.25) is 0 Å². The Kier molecular flexibility index (Phi) is 6.38. The molecule has 1 unspecified atom stereocenters. The molecule has 1 atom stereocenters. The van der Waals surface area contributed by atoms with E-state index in [1.165, 1.54) is 13.8 Å². The van der Waals surface area contributed by atoms with Crippen molar-refractivity contribution in [1.29, 1.82) is 0 Å². The number of benzene rings is 1. The molecule has 1 aromatic rings. The van der Waals surface area contributed by atoms with Crippen LogP contribution in [0.5, 0.6) is 0 Å². The number of aliphatic carboxylic acids is 1. The summed E-state index contributed by atoms with van der Waals surface area (Å²) in [5.74, 6) is -5.47. The van der Waals surface area contributed by atoms with E-state index in [2.05, 4.69) is 5.32 Å². The molecule has 2 N–H and O–H groups in total. The number of hydrogen-bond acceptors (Lipinski definition) is 7. The topological polar surface area (TPSA) is 128 Å². The molecule has 1 heterocycles. The van der Waals surface area contributed by atoms with Crippen molar-refractivity contribution in [2.45, 2.75) is 45.1 Å². The summed E-state index contributed by atoms with van der Waals surface area (Å²) in [7, 11) is 0. The van der Waals surface area contributed by atoms with Crippen LogP contribution in [0.3, 0.4) is 0 Å². The van der Waals surface area contributed by atoms with E-state index in [4.69, 9.17) is 14.2 Å². The highest BCUT2D eigenvalue weighted by atomic mass is 16.7. The van der Waals surface area contributed by atoms with Crippen LogP contribution in [0.4, 0.5) is 4.79 Å². The Labute approximate surface area is 155 Å². The number of carboxylic acid groups (broad SMARTS) is 1. The van der Waals surface area contributed by atoms with Gasteiger partial charge in [0.15, 0.2) is 5.92 Å². The van der Waals surface area contributed by atoms with E-state index in [9.17, 15) is 24.3 Å². The highest BCUT2D eigenvalue weighted by molar-refractivity contribution is 5.96. The van der Waals surface area contributed by atoms with Gasteiger partial charge < -0.3 is 24.6 Å². The van der Waals surface area contributed by atoms with E-state index in [0.29, 0.717) is 0 Å². The number of amides is 1. The summed E-state index contributed by atoms with van der Waals surface area (Å²) in [6.07, 6.45) is -1.24. The second kappa shape index (κ2) is 8.52. The Bertz CT molecular complexity index is 695. The SMILES string of the molecule is CC1(C)OC(=O)C(CCC(NC(=O)OCc2ccccc2)C(=O)O)C(=O)O1. The molecule has 0 spiro atoms. The van der Waals surface area contributed by atoms with Gasteiger partial charge in [-0.15, -0.1) is 0 Å². The van der Waals surface area contributed by atoms with Crippen molar-refractivity contribution in [3.8, 4) is 0 Å². The lowest BCUT2D eigenvalue weighted by atomic mass is 9.99. The Hall–Kier alpha value is -3.10. The Morgan fingerprint density at radius 2 is 1.78 bits per heavy atom. The van der Waals surface area contributed by atoms with Gasteiger partial charge in [0.1, 0.15) is 12.6 Å². The molecule has 0 saturated carbocycles. The van der Waals surface area contributed by atoms with Gasteiger partial charge in [0.05, 0.1) is 0 Å². The first-order chi connectivity index (χ1) is 12.7. The molecule has 27 heavy (non-hydrogen) atoms. The van der Waals surface area contributed by atoms with Crippen molar-refractivity contribution in [2.24, 2.45) is 5.92 Å². The summed E-state index contributed by atoms with van der Waals surface area (Å²) in [5, 5.41) is 11.5. The predicted octanol–water partition coefficient (Wildman–Crippen LogP) is 1.60. The molecule has 9 nitrogen and oxygen atoms in total. The molecule has 2 rings (SSSR count). The molecule has 1 aliphatic rings. The number of carbonyl (C=O) groups excluding carboxylic acids is 3. The van der Waals surface area contributed by atoms with Crippen LogP contribution < -0.4 is 5.32 Å². The minimum Gasteiger partial charge on any atom is -0.480 e. The average Bonchev–Trinajstić information content (AvgIpc) is 2.58. The van der Waals surface area contributed by atoms with Crippen molar-refractivity contribution in [2.75, 3.05) is 0 Å². The first-order valence-electron chi connectivity index (χ1n) is 8.33. The third-order valence-electron chi connectivity index (χ3n) is 3.81. The molecule has 0 radical (unpaired) electrons. The Morgan fingerprint density at radius 3 is 2.33 bits per heavy atom. The second-order valence-corrected chi connectivity index (χ2v) is 6.47. The van der Waals surface area contributed by atoms with E-state index in [0.717, 1.165) is 5.56 Å². The quantitative estimate of drug-likeness (QED) is 0.540. The summed E-state index contributed by atoms with van der Waals surface area (Å²) in [6, 6.07) is 7.55. The number of nitrogens with one attached hydrogen (secondary N) is 1. The largest absolute Gasteiger partial charge is 0.480 e. The smallest absolute Gasteiger partial charge is 0.408 e. The molecule has 1 saturated heterocycles. The van der Waals surface area contributed by atoms with Crippen LogP contribution in [0.15, 0.2) is 30.3 Å². The van der Waals surface area contributed by atoms with Crippen molar-refractivity contribution in [3.05, 3.63) is 35.9 Å². The van der Waals surface area contributed by atoms with Gasteiger partial charge in [-0.1, -0.05) is 30.3 Å². The normalized spacial score (nSPS) is 17.4. The van der Waals surface area contributed by atoms with Gasteiger partial charge in [-0.3, -0.25) is 9.59 Å². The minimum absolute atomic E-state index is 0.0185. The highest BCUT2D eigenvalue weighted by Crippen LogP contribution is 2.26. The monoisotopic (exact) mass is 379 g/mol. The van der Waals surface area contributed by atoms with Gasteiger partial charge in [0.25, 0.3) is 5.79 Å². The van der Waals surface area contributed by atoms with Crippen LogP contribution in [0.1, 0.15) is 32.3 Å². The molecule has 1 amide bonds. The number of rotatable bonds is 7. The number of ether oxygens (including phenoxy) is 3. The van der Waals surface area contributed by atoms with Crippen LogP contribution in [0.2, 0.25) is 0 Å². The Balaban J connectivity index is 1.86. The molecular weight excluding hydrogens is 358 g/mol. The van der Waals surface area contributed by atoms with E-state index in [-0.39, 0.29) is 19.4 Å². The second-order valence-electron chi connectivity index (χ2n) is 6.47. The zero-order valence-corrected chi connectivity index (χ0v) is 15.0. The molecule has 1 aliphatic heterocycles. The number of hydrogen-bond donors (Lipinski definition) is 2. The average molecular weight is 379 g/mol. The summed E-state index contributed by atoms with van der Waals surface area (Å²) in [4.78, 5) is 47.0. The van der Waals surface area contributed by atoms with Crippen molar-refractivity contribution in [3.63, 3.8) is 0 Å². The van der Waals surface area contributed by atoms with Gasteiger partial charge in [-0.05, 0) is 18.4 Å². The summed E-state index contributed by atoms with van der Waals surface area (Å²) in [5.41, 5.74) is 0.745. The number of carbonyl (C=O) groups is 4. The van der Waals surface area contributed by atoms with Gasteiger partial charge >= 0.3 is 24.0 Å². The van der Waals surface area contributed by atoms with E-state index in [1.807, 2.05) is 6.07 Å². The first-order valence-corrected chi connectivity index (χ1v) is 8.33. The van der Waals surface area contributed by atoms with Crippen LogP contribution in [-0.2, 0) is 35.2 Å². The fourth-order valence-electron chi connectivity index (χ4n) is 2.48. The molecular formula is C18H21NO8. The lowest BCUT2D eigenvalue weighted by Gasteiger charge is -2.33. The molecule has 1 aromatic carbocycles. The number of esters is 2. The van der Waals surface area contributed by atoms with E-state index in [1.54, 1.807) is 24.3 Å². The van der Waals surface area contributed by atoms with Crippen LogP contribution in [-0.4, -0.2) is 40.9 Å². The standard InChI is InChI=1S/C18H21NO8/c1-18(2)26-15(22)12(16(23)27-18)8-9-13(14(20)21)19-17(24)25-10-11-6-4-3-5-7-11/h3-7,12-13H,8-10H2,1-2H3,(H,19,24)(H,20,21). The number of cyclic esters (lactones) is 2. The zero-order valence-electron chi connectivity index (χ0n) is 15.0. The van der Waals surface area contributed by atoms with Gasteiger partial charge in [0, 0.05) is 13.8 Å².